The predicted octanol–water partition coefficient (Wildman–Crippen LogP) is 11.8. The summed E-state index contributed by atoms with van der Waals surface area (Å²) in [5.74, 6) is 3.05. The molecule has 194 valence electrons. The van der Waals surface area contributed by atoms with Gasteiger partial charge in [0, 0.05) is 0 Å². The van der Waals surface area contributed by atoms with Gasteiger partial charge in [-0.05, 0) is 55.3 Å². The van der Waals surface area contributed by atoms with Gasteiger partial charge in [0.2, 0.25) is 0 Å². The van der Waals surface area contributed by atoms with E-state index < -0.39 is 0 Å². The summed E-state index contributed by atoms with van der Waals surface area (Å²) < 4.78 is 0. The SMILES string of the molecule is CC(CC1CCCCCCCCC1)(C1CCCCCCCCC1)C1CCCCCCCCC1. The molecule has 3 aliphatic rings. The molecule has 0 heterocycles. The summed E-state index contributed by atoms with van der Waals surface area (Å²) in [6.45, 7) is 2.86. The quantitative estimate of drug-likeness (QED) is 0.393. The van der Waals surface area contributed by atoms with Crippen LogP contribution in [-0.4, -0.2) is 0 Å². The Balaban J connectivity index is 1.76. The number of hydrogen-bond donors (Lipinski definition) is 0. The van der Waals surface area contributed by atoms with Gasteiger partial charge in [0.15, 0.2) is 0 Å². The van der Waals surface area contributed by atoms with E-state index in [1.165, 1.54) is 135 Å². The Bertz CT molecular complexity index is 409. The molecule has 0 atom stereocenters. The highest BCUT2D eigenvalue weighted by Gasteiger charge is 2.41. The van der Waals surface area contributed by atoms with Gasteiger partial charge < -0.3 is 0 Å². The summed E-state index contributed by atoms with van der Waals surface area (Å²) in [5.41, 5.74) is 0.618. The maximum atomic E-state index is 2.86. The second-order valence-corrected chi connectivity index (χ2v) is 13.1. The van der Waals surface area contributed by atoms with Crippen LogP contribution in [-0.2, 0) is 0 Å². The van der Waals surface area contributed by atoms with E-state index in [-0.39, 0.29) is 0 Å². The van der Waals surface area contributed by atoms with Crippen LogP contribution >= 0.6 is 0 Å². The molecule has 0 N–H and O–H groups in total. The van der Waals surface area contributed by atoms with E-state index in [1.54, 1.807) is 44.9 Å². The minimum Gasteiger partial charge on any atom is -0.0591 e. The summed E-state index contributed by atoms with van der Waals surface area (Å²) in [4.78, 5) is 0. The topological polar surface area (TPSA) is 0 Å². The first-order valence-corrected chi connectivity index (χ1v) is 16.3. The standard InChI is InChI=1S/C33H62/c1-33(31-25-19-13-7-3-8-14-20-26-31,32-27-21-15-9-4-10-16-22-28-32)29-30-23-17-11-5-2-6-12-18-24-30/h30-32H,2-29H2,1H3. The molecular formula is C33H62. The van der Waals surface area contributed by atoms with Crippen LogP contribution in [0.4, 0.5) is 0 Å². The largest absolute Gasteiger partial charge is 0.0591 e. The van der Waals surface area contributed by atoms with Gasteiger partial charge in [-0.2, -0.15) is 0 Å². The maximum Gasteiger partial charge on any atom is -0.0267 e. The van der Waals surface area contributed by atoms with Crippen molar-refractivity contribution in [3.63, 3.8) is 0 Å². The molecule has 0 aromatic rings. The molecule has 0 saturated heterocycles. The van der Waals surface area contributed by atoms with Crippen LogP contribution in [0.25, 0.3) is 0 Å². The van der Waals surface area contributed by atoms with Crippen molar-refractivity contribution >= 4 is 0 Å². The fourth-order valence-corrected chi connectivity index (χ4v) is 8.33. The van der Waals surface area contributed by atoms with E-state index in [4.69, 9.17) is 0 Å². The summed E-state index contributed by atoms with van der Waals surface area (Å²) in [6, 6.07) is 0. The first kappa shape index (κ1) is 27.6. The van der Waals surface area contributed by atoms with Crippen molar-refractivity contribution in [2.45, 2.75) is 187 Å². The molecule has 0 radical (unpaired) electrons. The van der Waals surface area contributed by atoms with Crippen LogP contribution < -0.4 is 0 Å². The van der Waals surface area contributed by atoms with Crippen LogP contribution in [0.2, 0.25) is 0 Å². The van der Waals surface area contributed by atoms with E-state index in [2.05, 4.69) is 6.92 Å². The monoisotopic (exact) mass is 458 g/mol. The van der Waals surface area contributed by atoms with Crippen LogP contribution in [0, 0.1) is 23.2 Å². The Kier molecular flexibility index (Phi) is 13.9. The van der Waals surface area contributed by atoms with Crippen molar-refractivity contribution in [3.05, 3.63) is 0 Å². The molecular weight excluding hydrogens is 396 g/mol. The molecule has 0 aromatic carbocycles. The lowest BCUT2D eigenvalue weighted by molar-refractivity contribution is 0.0255. The average molecular weight is 459 g/mol. The zero-order valence-electron chi connectivity index (χ0n) is 23.0. The summed E-state index contributed by atoms with van der Waals surface area (Å²) >= 11 is 0. The zero-order valence-corrected chi connectivity index (χ0v) is 23.0. The van der Waals surface area contributed by atoms with Crippen molar-refractivity contribution in [1.82, 2.24) is 0 Å². The van der Waals surface area contributed by atoms with Crippen molar-refractivity contribution in [2.24, 2.45) is 23.2 Å². The lowest BCUT2D eigenvalue weighted by Gasteiger charge is -2.47. The van der Waals surface area contributed by atoms with Gasteiger partial charge in [0.05, 0.1) is 0 Å². The van der Waals surface area contributed by atoms with Crippen molar-refractivity contribution in [2.75, 3.05) is 0 Å². The molecule has 0 unspecified atom stereocenters. The molecule has 3 aliphatic carbocycles. The fourth-order valence-electron chi connectivity index (χ4n) is 8.33. The van der Waals surface area contributed by atoms with E-state index in [1.807, 2.05) is 0 Å². The third-order valence-corrected chi connectivity index (χ3v) is 10.5. The van der Waals surface area contributed by atoms with Crippen LogP contribution in [0.5, 0.6) is 0 Å². The third kappa shape index (κ3) is 10.3. The molecule has 0 aliphatic heterocycles. The van der Waals surface area contributed by atoms with Crippen LogP contribution in [0.15, 0.2) is 0 Å². The third-order valence-electron chi connectivity index (χ3n) is 10.5. The second-order valence-electron chi connectivity index (χ2n) is 13.1. The minimum absolute atomic E-state index is 0.618. The molecule has 0 amide bonds. The molecule has 3 fully saturated rings. The molecule has 0 nitrogen and oxygen atoms in total. The van der Waals surface area contributed by atoms with Gasteiger partial charge in [0.25, 0.3) is 0 Å². The maximum absolute atomic E-state index is 2.86. The first-order valence-electron chi connectivity index (χ1n) is 16.3. The van der Waals surface area contributed by atoms with Gasteiger partial charge in [0.1, 0.15) is 0 Å². The Hall–Kier alpha value is 0. The summed E-state index contributed by atoms with van der Waals surface area (Å²) in [6.07, 6.45) is 42.7. The highest BCUT2D eigenvalue weighted by molar-refractivity contribution is 4.91. The normalized spacial score (nSPS) is 26.5. The van der Waals surface area contributed by atoms with Crippen molar-refractivity contribution in [1.29, 1.82) is 0 Å². The number of rotatable bonds is 4. The van der Waals surface area contributed by atoms with E-state index >= 15 is 0 Å². The molecule has 0 bridgehead atoms. The van der Waals surface area contributed by atoms with E-state index in [9.17, 15) is 0 Å². The second kappa shape index (κ2) is 16.6. The fraction of sp³-hybridized carbons (Fsp3) is 1.00. The van der Waals surface area contributed by atoms with Gasteiger partial charge in [-0.1, -0.05) is 155 Å². The van der Waals surface area contributed by atoms with Gasteiger partial charge in [-0.15, -0.1) is 0 Å². The lowest BCUT2D eigenvalue weighted by Crippen LogP contribution is -2.38. The number of hydrogen-bond acceptors (Lipinski definition) is 0. The Labute approximate surface area is 209 Å². The highest BCUT2D eigenvalue weighted by Crippen LogP contribution is 2.51. The predicted molar refractivity (Wildman–Crippen MR) is 148 cm³/mol. The Morgan fingerprint density at radius 1 is 0.364 bits per heavy atom. The van der Waals surface area contributed by atoms with Crippen molar-refractivity contribution < 1.29 is 0 Å². The molecule has 3 saturated carbocycles. The Morgan fingerprint density at radius 2 is 0.606 bits per heavy atom. The zero-order chi connectivity index (χ0) is 23.0. The molecule has 3 rings (SSSR count). The highest BCUT2D eigenvalue weighted by atomic mass is 14.5. The molecule has 0 spiro atoms. The van der Waals surface area contributed by atoms with Gasteiger partial charge in [-0.3, -0.25) is 0 Å². The summed E-state index contributed by atoms with van der Waals surface area (Å²) in [7, 11) is 0. The van der Waals surface area contributed by atoms with E-state index in [0.29, 0.717) is 5.41 Å². The molecule has 33 heavy (non-hydrogen) atoms. The van der Waals surface area contributed by atoms with Crippen LogP contribution in [0.3, 0.4) is 0 Å². The average Bonchev–Trinajstić information content (AvgIpc) is 2.84. The molecule has 0 heteroatoms. The van der Waals surface area contributed by atoms with Crippen LogP contribution in [0.1, 0.15) is 187 Å². The van der Waals surface area contributed by atoms with Crippen molar-refractivity contribution in [3.8, 4) is 0 Å². The van der Waals surface area contributed by atoms with Gasteiger partial charge >= 0.3 is 0 Å². The minimum atomic E-state index is 0.618. The lowest BCUT2D eigenvalue weighted by atomic mass is 9.58. The molecule has 0 aromatic heterocycles. The van der Waals surface area contributed by atoms with E-state index in [0.717, 1.165) is 17.8 Å². The summed E-state index contributed by atoms with van der Waals surface area (Å²) in [5, 5.41) is 0. The smallest absolute Gasteiger partial charge is 0.0267 e. The van der Waals surface area contributed by atoms with Gasteiger partial charge in [-0.25, -0.2) is 0 Å². The Morgan fingerprint density at radius 3 is 0.909 bits per heavy atom. The first-order chi connectivity index (χ1) is 16.3.